The first-order chi connectivity index (χ1) is 13.8. The minimum absolute atomic E-state index is 0.0582. The lowest BCUT2D eigenvalue weighted by atomic mass is 10.0. The number of nitrogens with two attached hydrogens (primary N) is 2. The van der Waals surface area contributed by atoms with Gasteiger partial charge in [-0.1, -0.05) is 13.8 Å². The van der Waals surface area contributed by atoms with Crippen molar-refractivity contribution < 1.29 is 39.3 Å². The van der Waals surface area contributed by atoms with Gasteiger partial charge in [-0.15, -0.1) is 0 Å². The zero-order valence-corrected chi connectivity index (χ0v) is 17.1. The van der Waals surface area contributed by atoms with E-state index in [2.05, 4.69) is 10.6 Å². The molecule has 0 rings (SSSR count). The number of carboxylic acids is 1. The number of hydrogen-bond donors (Lipinski definition) is 8. The van der Waals surface area contributed by atoms with E-state index in [-0.39, 0.29) is 12.3 Å². The van der Waals surface area contributed by atoms with Crippen LogP contribution < -0.4 is 27.4 Å². The molecule has 0 heterocycles. The van der Waals surface area contributed by atoms with Crippen LogP contribution in [0.3, 0.4) is 0 Å². The van der Waals surface area contributed by atoms with Crippen molar-refractivity contribution in [3.63, 3.8) is 0 Å². The van der Waals surface area contributed by atoms with Gasteiger partial charge < -0.3 is 42.7 Å². The number of hydrogen-bond acceptors (Lipinski definition) is 8. The first-order valence-corrected chi connectivity index (χ1v) is 9.26. The van der Waals surface area contributed by atoms with E-state index >= 15 is 0 Å². The van der Waals surface area contributed by atoms with Crippen molar-refractivity contribution >= 4 is 29.6 Å². The number of primary amides is 1. The van der Waals surface area contributed by atoms with Crippen molar-refractivity contribution in [2.45, 2.75) is 63.9 Å². The van der Waals surface area contributed by atoms with Crippen LogP contribution in [0.2, 0.25) is 0 Å². The van der Waals surface area contributed by atoms with Crippen LogP contribution in [0.5, 0.6) is 0 Å². The van der Waals surface area contributed by atoms with Crippen LogP contribution in [0, 0.1) is 5.92 Å². The molecule has 0 aliphatic carbocycles. The molecule has 0 spiro atoms. The number of nitrogens with one attached hydrogen (secondary N) is 3. The van der Waals surface area contributed by atoms with Crippen molar-refractivity contribution in [3.8, 4) is 0 Å². The molecule has 13 heteroatoms. The highest BCUT2D eigenvalue weighted by Gasteiger charge is 2.31. The molecule has 5 unspecified atom stereocenters. The fraction of sp³-hybridized carbons (Fsp3) is 0.706. The van der Waals surface area contributed by atoms with Gasteiger partial charge in [-0.2, -0.15) is 0 Å². The normalized spacial score (nSPS) is 16.0. The second-order valence-corrected chi connectivity index (χ2v) is 7.27. The van der Waals surface area contributed by atoms with Crippen LogP contribution in [0.4, 0.5) is 0 Å². The average molecular weight is 433 g/mol. The van der Waals surface area contributed by atoms with Gasteiger partial charge in [0.15, 0.2) is 0 Å². The smallest absolute Gasteiger partial charge is 0.326 e. The Bertz CT molecular complexity index is 640. The van der Waals surface area contributed by atoms with E-state index in [4.69, 9.17) is 16.6 Å². The summed E-state index contributed by atoms with van der Waals surface area (Å²) in [6.07, 6.45) is -1.69. The molecule has 5 atom stereocenters. The summed E-state index contributed by atoms with van der Waals surface area (Å²) in [5.41, 5.74) is 10.5. The Hall–Kier alpha value is -2.77. The maximum atomic E-state index is 12.6. The molecule has 0 bridgehead atoms. The van der Waals surface area contributed by atoms with Crippen LogP contribution in [0.25, 0.3) is 0 Å². The Balaban J connectivity index is 5.26. The van der Waals surface area contributed by atoms with E-state index < -0.39 is 72.9 Å². The van der Waals surface area contributed by atoms with E-state index in [0.29, 0.717) is 0 Å². The van der Waals surface area contributed by atoms with Crippen molar-refractivity contribution in [2.24, 2.45) is 17.4 Å². The summed E-state index contributed by atoms with van der Waals surface area (Å²) in [5.74, 6) is -5.23. The number of carbonyl (C=O) groups excluding carboxylic acids is 4. The summed E-state index contributed by atoms with van der Waals surface area (Å²) >= 11 is 0. The van der Waals surface area contributed by atoms with E-state index in [0.717, 1.165) is 0 Å². The molecule has 0 aromatic rings. The van der Waals surface area contributed by atoms with Crippen LogP contribution in [-0.4, -0.2) is 81.8 Å². The van der Waals surface area contributed by atoms with Crippen LogP contribution >= 0.6 is 0 Å². The van der Waals surface area contributed by atoms with Gasteiger partial charge >= 0.3 is 5.97 Å². The predicted octanol–water partition coefficient (Wildman–Crippen LogP) is -3.85. The molecule has 10 N–H and O–H groups in total. The monoisotopic (exact) mass is 433 g/mol. The number of aliphatic hydroxyl groups excluding tert-OH is 2. The number of carboxylic acid groups (broad SMARTS) is 1. The number of aliphatic carboxylic acids is 1. The standard InChI is InChI=1S/C17H31N5O8/c1-7(2)4-9(20-16(28)13(19)8(3)24)14(26)22-11(6-23)15(27)21-10(17(29)30)5-12(18)25/h7-11,13,23-24H,4-6,19H2,1-3H3,(H2,18,25)(H,20,28)(H,21,27)(H,22,26)(H,29,30). The minimum atomic E-state index is -1.64. The molecule has 0 saturated carbocycles. The van der Waals surface area contributed by atoms with Gasteiger partial charge in [0.25, 0.3) is 0 Å². The van der Waals surface area contributed by atoms with E-state index in [1.807, 2.05) is 5.32 Å². The SMILES string of the molecule is CC(C)CC(NC(=O)C(N)C(C)O)C(=O)NC(CO)C(=O)NC(CC(N)=O)C(=O)O. The fourth-order valence-electron chi connectivity index (χ4n) is 2.33. The molecular weight excluding hydrogens is 402 g/mol. The molecule has 0 aromatic carbocycles. The van der Waals surface area contributed by atoms with Gasteiger partial charge in [-0.25, -0.2) is 4.79 Å². The summed E-state index contributed by atoms with van der Waals surface area (Å²) < 4.78 is 0. The summed E-state index contributed by atoms with van der Waals surface area (Å²) in [7, 11) is 0. The van der Waals surface area contributed by atoms with Crippen molar-refractivity contribution in [1.29, 1.82) is 0 Å². The Morgan fingerprint density at radius 1 is 0.867 bits per heavy atom. The largest absolute Gasteiger partial charge is 0.480 e. The highest BCUT2D eigenvalue weighted by molar-refractivity contribution is 5.95. The molecule has 0 aliphatic heterocycles. The maximum Gasteiger partial charge on any atom is 0.326 e. The average Bonchev–Trinajstić information content (AvgIpc) is 2.62. The van der Waals surface area contributed by atoms with Gasteiger partial charge in [0.05, 0.1) is 19.1 Å². The van der Waals surface area contributed by atoms with Gasteiger partial charge in [0, 0.05) is 0 Å². The third kappa shape index (κ3) is 9.62. The fourth-order valence-corrected chi connectivity index (χ4v) is 2.33. The van der Waals surface area contributed by atoms with Crippen LogP contribution in [-0.2, 0) is 24.0 Å². The minimum Gasteiger partial charge on any atom is -0.480 e. The zero-order chi connectivity index (χ0) is 23.6. The second-order valence-electron chi connectivity index (χ2n) is 7.27. The third-order valence-corrected chi connectivity index (χ3v) is 4.00. The number of carbonyl (C=O) groups is 5. The molecule has 0 radical (unpaired) electrons. The second kappa shape index (κ2) is 12.7. The quantitative estimate of drug-likeness (QED) is 0.142. The molecule has 172 valence electrons. The van der Waals surface area contributed by atoms with Crippen LogP contribution in [0.1, 0.15) is 33.6 Å². The van der Waals surface area contributed by atoms with E-state index in [9.17, 15) is 34.2 Å². The van der Waals surface area contributed by atoms with Gasteiger partial charge in [-0.3, -0.25) is 19.2 Å². The molecule has 0 aliphatic rings. The first kappa shape index (κ1) is 27.2. The predicted molar refractivity (Wildman–Crippen MR) is 103 cm³/mol. The lowest BCUT2D eigenvalue weighted by Gasteiger charge is -2.25. The number of aliphatic hydroxyl groups is 2. The summed E-state index contributed by atoms with van der Waals surface area (Å²) in [5, 5.41) is 34.5. The zero-order valence-electron chi connectivity index (χ0n) is 17.1. The molecule has 0 saturated heterocycles. The van der Waals surface area contributed by atoms with Crippen LogP contribution in [0.15, 0.2) is 0 Å². The van der Waals surface area contributed by atoms with E-state index in [1.54, 1.807) is 13.8 Å². The summed E-state index contributed by atoms with van der Waals surface area (Å²) in [6, 6.07) is -5.61. The molecule has 30 heavy (non-hydrogen) atoms. The van der Waals surface area contributed by atoms with Crippen molar-refractivity contribution in [3.05, 3.63) is 0 Å². The number of amides is 4. The topological polar surface area (TPSA) is 234 Å². The maximum absolute atomic E-state index is 12.6. The lowest BCUT2D eigenvalue weighted by molar-refractivity contribution is -0.144. The van der Waals surface area contributed by atoms with Crippen molar-refractivity contribution in [2.75, 3.05) is 6.61 Å². The molecule has 0 aromatic heterocycles. The lowest BCUT2D eigenvalue weighted by Crippen LogP contribution is -2.59. The Kier molecular flexibility index (Phi) is 11.5. The van der Waals surface area contributed by atoms with Crippen molar-refractivity contribution in [1.82, 2.24) is 16.0 Å². The molecule has 13 nitrogen and oxygen atoms in total. The Labute approximate surface area is 173 Å². The molecule has 4 amide bonds. The highest BCUT2D eigenvalue weighted by atomic mass is 16.4. The Morgan fingerprint density at radius 3 is 1.73 bits per heavy atom. The summed E-state index contributed by atoms with van der Waals surface area (Å²) in [4.78, 5) is 58.9. The number of rotatable bonds is 13. The highest BCUT2D eigenvalue weighted by Crippen LogP contribution is 2.06. The van der Waals surface area contributed by atoms with Gasteiger partial charge in [0.2, 0.25) is 23.6 Å². The van der Waals surface area contributed by atoms with E-state index in [1.165, 1.54) is 6.92 Å². The molecular formula is C17H31N5O8. The first-order valence-electron chi connectivity index (χ1n) is 9.26. The summed E-state index contributed by atoms with van der Waals surface area (Å²) in [6.45, 7) is 3.98. The third-order valence-electron chi connectivity index (χ3n) is 4.00. The molecule has 0 fully saturated rings. The Morgan fingerprint density at radius 2 is 1.33 bits per heavy atom. The van der Waals surface area contributed by atoms with Gasteiger partial charge in [-0.05, 0) is 19.3 Å². The van der Waals surface area contributed by atoms with Gasteiger partial charge in [0.1, 0.15) is 24.2 Å².